The number of rotatable bonds is 4. The largest absolute Gasteiger partial charge is 0.370 e. The maximum absolute atomic E-state index is 5.97. The molecule has 3 N–H and O–H groups in total. The van der Waals surface area contributed by atoms with Crippen LogP contribution in [-0.2, 0) is 0 Å². The van der Waals surface area contributed by atoms with E-state index in [1.807, 2.05) is 0 Å². The lowest BCUT2D eigenvalue weighted by molar-refractivity contribution is 0.265. The third kappa shape index (κ3) is 4.16. The first-order valence-electron chi connectivity index (χ1n) is 7.56. The van der Waals surface area contributed by atoms with Crippen molar-refractivity contribution in [3.05, 3.63) is 0 Å². The van der Waals surface area contributed by atoms with Crippen LogP contribution in [0.4, 0.5) is 0 Å². The van der Waals surface area contributed by atoms with Crippen LogP contribution < -0.4 is 11.1 Å². The zero-order valence-electron chi connectivity index (χ0n) is 11.7. The van der Waals surface area contributed by atoms with Crippen molar-refractivity contribution >= 4 is 5.96 Å². The molecular weight excluding hydrogens is 224 g/mol. The topological polar surface area (TPSA) is 53.6 Å². The molecule has 2 aliphatic rings. The zero-order chi connectivity index (χ0) is 12.8. The second-order valence-electron chi connectivity index (χ2n) is 5.80. The highest BCUT2D eigenvalue weighted by Gasteiger charge is 2.18. The van der Waals surface area contributed by atoms with Crippen molar-refractivity contribution in [1.82, 2.24) is 10.2 Å². The van der Waals surface area contributed by atoms with Gasteiger partial charge in [-0.15, -0.1) is 0 Å². The summed E-state index contributed by atoms with van der Waals surface area (Å²) in [7, 11) is 0. The van der Waals surface area contributed by atoms with Gasteiger partial charge in [0.2, 0.25) is 0 Å². The third-order valence-corrected chi connectivity index (χ3v) is 4.25. The highest BCUT2D eigenvalue weighted by molar-refractivity contribution is 5.78. The van der Waals surface area contributed by atoms with E-state index in [-0.39, 0.29) is 0 Å². The molecule has 1 atom stereocenters. The maximum atomic E-state index is 5.97. The van der Waals surface area contributed by atoms with Crippen LogP contribution in [0.5, 0.6) is 0 Å². The second kappa shape index (κ2) is 6.98. The highest BCUT2D eigenvalue weighted by atomic mass is 15.2. The van der Waals surface area contributed by atoms with Gasteiger partial charge in [-0.05, 0) is 45.7 Å². The first kappa shape index (κ1) is 13.7. The lowest BCUT2D eigenvalue weighted by atomic mass is 9.96. The van der Waals surface area contributed by atoms with E-state index in [9.17, 15) is 0 Å². The van der Waals surface area contributed by atoms with E-state index in [1.165, 1.54) is 58.0 Å². The van der Waals surface area contributed by atoms with Crippen molar-refractivity contribution in [3.63, 3.8) is 0 Å². The van der Waals surface area contributed by atoms with Gasteiger partial charge in [0.05, 0.1) is 6.54 Å². The Bertz CT molecular complexity index is 265. The van der Waals surface area contributed by atoms with Gasteiger partial charge >= 0.3 is 0 Å². The van der Waals surface area contributed by atoms with Crippen LogP contribution in [0.3, 0.4) is 0 Å². The SMILES string of the molecule is CC(CN=C(N)NC1CCCCC1)N1CCCC1. The van der Waals surface area contributed by atoms with Gasteiger partial charge in [-0.1, -0.05) is 19.3 Å². The van der Waals surface area contributed by atoms with Crippen LogP contribution in [-0.4, -0.2) is 42.6 Å². The standard InChI is InChI=1S/C14H28N4/c1-12(18-9-5-6-10-18)11-16-14(15)17-13-7-3-2-4-8-13/h12-13H,2-11H2,1H3,(H3,15,16,17). The predicted octanol–water partition coefficient (Wildman–Crippen LogP) is 1.71. The van der Waals surface area contributed by atoms with E-state index in [4.69, 9.17) is 5.73 Å². The minimum absolute atomic E-state index is 0.527. The van der Waals surface area contributed by atoms with Gasteiger partial charge in [0.15, 0.2) is 5.96 Å². The summed E-state index contributed by atoms with van der Waals surface area (Å²) < 4.78 is 0. The molecule has 2 fully saturated rings. The fourth-order valence-corrected chi connectivity index (χ4v) is 3.03. The number of guanidine groups is 1. The molecule has 18 heavy (non-hydrogen) atoms. The van der Waals surface area contributed by atoms with E-state index < -0.39 is 0 Å². The summed E-state index contributed by atoms with van der Waals surface area (Å²) in [6, 6.07) is 1.09. The van der Waals surface area contributed by atoms with Crippen molar-refractivity contribution in [3.8, 4) is 0 Å². The molecular formula is C14H28N4. The normalized spacial score (nSPS) is 25.3. The van der Waals surface area contributed by atoms with Crippen molar-refractivity contribution in [2.45, 2.75) is 64.0 Å². The summed E-state index contributed by atoms with van der Waals surface area (Å²) in [5.41, 5.74) is 5.97. The molecule has 1 aliphatic heterocycles. The Morgan fingerprint density at radius 1 is 1.22 bits per heavy atom. The summed E-state index contributed by atoms with van der Waals surface area (Å²) in [5, 5.41) is 3.37. The van der Waals surface area contributed by atoms with Crippen LogP contribution in [0.2, 0.25) is 0 Å². The molecule has 1 saturated heterocycles. The van der Waals surface area contributed by atoms with Crippen molar-refractivity contribution < 1.29 is 0 Å². The Morgan fingerprint density at radius 2 is 1.89 bits per heavy atom. The summed E-state index contributed by atoms with van der Waals surface area (Å²) in [6.07, 6.45) is 9.20. The molecule has 0 bridgehead atoms. The van der Waals surface area contributed by atoms with E-state index in [1.54, 1.807) is 0 Å². The summed E-state index contributed by atoms with van der Waals surface area (Å²) in [5.74, 6) is 0.646. The predicted molar refractivity (Wildman–Crippen MR) is 76.8 cm³/mol. The molecule has 1 saturated carbocycles. The second-order valence-corrected chi connectivity index (χ2v) is 5.80. The summed E-state index contributed by atoms with van der Waals surface area (Å²) >= 11 is 0. The highest BCUT2D eigenvalue weighted by Crippen LogP contribution is 2.17. The maximum Gasteiger partial charge on any atom is 0.188 e. The number of aliphatic imine (C=N–C) groups is 1. The molecule has 0 spiro atoms. The van der Waals surface area contributed by atoms with Crippen molar-refractivity contribution in [2.24, 2.45) is 10.7 Å². The lowest BCUT2D eigenvalue weighted by Gasteiger charge is -2.24. The molecule has 1 aliphatic carbocycles. The molecule has 104 valence electrons. The molecule has 0 aromatic heterocycles. The number of nitrogens with zero attached hydrogens (tertiary/aromatic N) is 2. The number of hydrogen-bond donors (Lipinski definition) is 2. The molecule has 2 rings (SSSR count). The monoisotopic (exact) mass is 252 g/mol. The molecule has 1 heterocycles. The average Bonchev–Trinajstić information content (AvgIpc) is 2.91. The van der Waals surface area contributed by atoms with Crippen LogP contribution in [0.15, 0.2) is 4.99 Å². The minimum atomic E-state index is 0.527. The number of likely N-dealkylation sites (tertiary alicyclic amines) is 1. The third-order valence-electron chi connectivity index (χ3n) is 4.25. The Balaban J connectivity index is 1.70. The Morgan fingerprint density at radius 3 is 2.56 bits per heavy atom. The molecule has 1 unspecified atom stereocenters. The van der Waals surface area contributed by atoms with Crippen LogP contribution >= 0.6 is 0 Å². The van der Waals surface area contributed by atoms with Crippen LogP contribution in [0.1, 0.15) is 51.9 Å². The minimum Gasteiger partial charge on any atom is -0.370 e. The lowest BCUT2D eigenvalue weighted by Crippen LogP contribution is -2.42. The van der Waals surface area contributed by atoms with Crippen molar-refractivity contribution in [1.29, 1.82) is 0 Å². The Kier molecular flexibility index (Phi) is 5.29. The number of hydrogen-bond acceptors (Lipinski definition) is 2. The molecule has 0 radical (unpaired) electrons. The van der Waals surface area contributed by atoms with Gasteiger partial charge < -0.3 is 11.1 Å². The fraction of sp³-hybridized carbons (Fsp3) is 0.929. The van der Waals surface area contributed by atoms with E-state index in [2.05, 4.69) is 22.1 Å². The van der Waals surface area contributed by atoms with Gasteiger partial charge in [-0.25, -0.2) is 0 Å². The molecule has 4 heteroatoms. The molecule has 0 aromatic carbocycles. The van der Waals surface area contributed by atoms with Gasteiger partial charge in [-0.2, -0.15) is 0 Å². The number of nitrogens with two attached hydrogens (primary N) is 1. The molecule has 0 aromatic rings. The Labute approximate surface area is 111 Å². The smallest absolute Gasteiger partial charge is 0.188 e. The van der Waals surface area contributed by atoms with Gasteiger partial charge in [-0.3, -0.25) is 9.89 Å². The van der Waals surface area contributed by atoms with Crippen LogP contribution in [0, 0.1) is 0 Å². The van der Waals surface area contributed by atoms with Gasteiger partial charge in [0.1, 0.15) is 0 Å². The van der Waals surface area contributed by atoms with Gasteiger partial charge in [0, 0.05) is 12.1 Å². The number of nitrogens with one attached hydrogen (secondary N) is 1. The van der Waals surface area contributed by atoms with E-state index in [0.717, 1.165) is 6.54 Å². The van der Waals surface area contributed by atoms with Gasteiger partial charge in [0.25, 0.3) is 0 Å². The van der Waals surface area contributed by atoms with Crippen molar-refractivity contribution in [2.75, 3.05) is 19.6 Å². The van der Waals surface area contributed by atoms with Crippen LogP contribution in [0.25, 0.3) is 0 Å². The Hall–Kier alpha value is -0.770. The zero-order valence-corrected chi connectivity index (χ0v) is 11.7. The first-order valence-corrected chi connectivity index (χ1v) is 7.56. The van der Waals surface area contributed by atoms with E-state index >= 15 is 0 Å². The molecule has 0 amide bonds. The quantitative estimate of drug-likeness (QED) is 0.591. The fourth-order valence-electron chi connectivity index (χ4n) is 3.03. The first-order chi connectivity index (χ1) is 8.75. The average molecular weight is 252 g/mol. The molecule has 4 nitrogen and oxygen atoms in total. The summed E-state index contributed by atoms with van der Waals surface area (Å²) in [6.45, 7) is 5.54. The van der Waals surface area contributed by atoms with E-state index in [0.29, 0.717) is 18.0 Å². The summed E-state index contributed by atoms with van der Waals surface area (Å²) in [4.78, 5) is 7.02.